The maximum atomic E-state index is 13.2. The van der Waals surface area contributed by atoms with Crippen LogP contribution in [0.5, 0.6) is 0 Å². The van der Waals surface area contributed by atoms with E-state index in [0.29, 0.717) is 4.90 Å². The summed E-state index contributed by atoms with van der Waals surface area (Å²) in [6, 6.07) is 3.73. The topological polar surface area (TPSA) is 37.4 Å². The molecule has 0 fully saturated rings. The number of hydrogen-bond donors (Lipinski definition) is 0. The molecule has 0 aliphatic carbocycles. The summed E-state index contributed by atoms with van der Waals surface area (Å²) in [7, 11) is -3.49. The van der Waals surface area contributed by atoms with Gasteiger partial charge in [0.05, 0.1) is 4.90 Å². The highest BCUT2D eigenvalue weighted by Crippen LogP contribution is 2.33. The second-order valence-electron chi connectivity index (χ2n) is 6.42. The van der Waals surface area contributed by atoms with Crippen molar-refractivity contribution >= 4 is 10.0 Å². The van der Waals surface area contributed by atoms with Gasteiger partial charge in [-0.15, -0.1) is 0 Å². The zero-order valence-electron chi connectivity index (χ0n) is 13.7. The van der Waals surface area contributed by atoms with Gasteiger partial charge < -0.3 is 0 Å². The Kier molecular flexibility index (Phi) is 4.31. The first-order chi connectivity index (χ1) is 9.66. The van der Waals surface area contributed by atoms with Crippen molar-refractivity contribution in [2.45, 2.75) is 58.5 Å². The summed E-state index contributed by atoms with van der Waals surface area (Å²) in [6.45, 7) is 11.8. The molecule has 0 bridgehead atoms. The Balaban J connectivity index is 2.58. The summed E-state index contributed by atoms with van der Waals surface area (Å²) in [4.78, 5) is 0.467. The number of aryl methyl sites for hydroxylation is 3. The van der Waals surface area contributed by atoms with Crippen LogP contribution in [0.3, 0.4) is 0 Å². The van der Waals surface area contributed by atoms with E-state index in [-0.39, 0.29) is 18.0 Å². The largest absolute Gasteiger partial charge is 0.244 e. The molecule has 0 N–H and O–H groups in total. The average molecular weight is 307 g/mol. The van der Waals surface area contributed by atoms with E-state index >= 15 is 0 Å². The maximum absolute atomic E-state index is 13.2. The Labute approximate surface area is 128 Å². The molecule has 1 aromatic rings. The Morgan fingerprint density at radius 1 is 1.05 bits per heavy atom. The highest BCUT2D eigenvalue weighted by atomic mass is 32.2. The van der Waals surface area contributed by atoms with Crippen LogP contribution in [0.1, 0.15) is 37.5 Å². The number of benzene rings is 1. The van der Waals surface area contributed by atoms with Gasteiger partial charge in [-0.3, -0.25) is 0 Å². The summed E-state index contributed by atoms with van der Waals surface area (Å²) in [5.74, 6) is 0.257. The number of sulfonamides is 1. The first-order valence-corrected chi connectivity index (χ1v) is 8.90. The van der Waals surface area contributed by atoms with Crippen LogP contribution in [-0.4, -0.2) is 24.8 Å². The van der Waals surface area contributed by atoms with Gasteiger partial charge in [-0.1, -0.05) is 43.7 Å². The summed E-state index contributed by atoms with van der Waals surface area (Å²) < 4.78 is 28.1. The third-order valence-corrected chi connectivity index (χ3v) is 6.40. The molecule has 1 aliphatic heterocycles. The number of hydrogen-bond acceptors (Lipinski definition) is 2. The van der Waals surface area contributed by atoms with Crippen LogP contribution < -0.4 is 0 Å². The molecule has 2 rings (SSSR count). The molecule has 0 aromatic heterocycles. The van der Waals surface area contributed by atoms with E-state index < -0.39 is 10.0 Å². The molecule has 0 saturated carbocycles. The van der Waals surface area contributed by atoms with Gasteiger partial charge in [0.25, 0.3) is 0 Å². The number of rotatable bonds is 3. The van der Waals surface area contributed by atoms with Crippen LogP contribution in [0.15, 0.2) is 29.2 Å². The first kappa shape index (κ1) is 16.2. The molecule has 0 saturated heterocycles. The van der Waals surface area contributed by atoms with Crippen LogP contribution in [-0.2, 0) is 10.0 Å². The minimum atomic E-state index is -3.49. The molecule has 0 unspecified atom stereocenters. The average Bonchev–Trinajstić information content (AvgIpc) is 2.69. The fourth-order valence-electron chi connectivity index (χ4n) is 3.29. The lowest BCUT2D eigenvalue weighted by molar-refractivity contribution is 0.300. The molecule has 1 heterocycles. The summed E-state index contributed by atoms with van der Waals surface area (Å²) in [5.41, 5.74) is 2.75. The standard InChI is InChI=1S/C17H25NO2S/c1-11(2)16-8-7-15(6)18(16)21(19,20)17-13(4)9-12(3)10-14(17)5/h7-11,15-16H,1-6H3/t15-,16+/m0/s1. The Morgan fingerprint density at radius 3 is 2.05 bits per heavy atom. The fourth-order valence-corrected chi connectivity index (χ4v) is 5.57. The fraction of sp³-hybridized carbons (Fsp3) is 0.529. The molecule has 1 aromatic carbocycles. The molecule has 3 nitrogen and oxygen atoms in total. The van der Waals surface area contributed by atoms with Gasteiger partial charge >= 0.3 is 0 Å². The zero-order valence-corrected chi connectivity index (χ0v) is 14.5. The molecule has 21 heavy (non-hydrogen) atoms. The van der Waals surface area contributed by atoms with E-state index in [2.05, 4.69) is 13.8 Å². The van der Waals surface area contributed by atoms with Crippen LogP contribution >= 0.6 is 0 Å². The van der Waals surface area contributed by atoms with Crippen molar-refractivity contribution in [3.05, 3.63) is 41.0 Å². The van der Waals surface area contributed by atoms with Crippen molar-refractivity contribution in [3.63, 3.8) is 0 Å². The van der Waals surface area contributed by atoms with Gasteiger partial charge in [-0.25, -0.2) is 8.42 Å². The third kappa shape index (κ3) is 2.79. The second kappa shape index (κ2) is 5.58. The van der Waals surface area contributed by atoms with Crippen molar-refractivity contribution in [3.8, 4) is 0 Å². The number of nitrogens with zero attached hydrogens (tertiary/aromatic N) is 1. The van der Waals surface area contributed by atoms with E-state index in [4.69, 9.17) is 0 Å². The molecule has 2 atom stereocenters. The van der Waals surface area contributed by atoms with Gasteiger partial charge in [0, 0.05) is 12.1 Å². The van der Waals surface area contributed by atoms with Crippen LogP contribution in [0.2, 0.25) is 0 Å². The van der Waals surface area contributed by atoms with Gasteiger partial charge in [0.1, 0.15) is 0 Å². The van der Waals surface area contributed by atoms with Crippen LogP contribution in [0, 0.1) is 26.7 Å². The van der Waals surface area contributed by atoms with E-state index in [1.54, 1.807) is 4.31 Å². The second-order valence-corrected chi connectivity index (χ2v) is 8.20. The van der Waals surface area contributed by atoms with Crippen LogP contribution in [0.25, 0.3) is 0 Å². The Morgan fingerprint density at radius 2 is 1.57 bits per heavy atom. The zero-order chi connectivity index (χ0) is 15.9. The quantitative estimate of drug-likeness (QED) is 0.800. The van der Waals surface area contributed by atoms with Gasteiger partial charge in [-0.05, 0) is 44.7 Å². The third-order valence-electron chi connectivity index (χ3n) is 4.11. The maximum Gasteiger partial charge on any atom is 0.244 e. The lowest BCUT2D eigenvalue weighted by Crippen LogP contribution is -2.43. The van der Waals surface area contributed by atoms with E-state index in [1.807, 2.05) is 52.0 Å². The molecule has 116 valence electrons. The highest BCUT2D eigenvalue weighted by molar-refractivity contribution is 7.89. The van der Waals surface area contributed by atoms with E-state index in [0.717, 1.165) is 16.7 Å². The monoisotopic (exact) mass is 307 g/mol. The first-order valence-electron chi connectivity index (χ1n) is 7.46. The minimum Gasteiger partial charge on any atom is -0.207 e. The van der Waals surface area contributed by atoms with Crippen molar-refractivity contribution in [1.82, 2.24) is 4.31 Å². The molecule has 1 aliphatic rings. The molecular weight excluding hydrogens is 282 g/mol. The lowest BCUT2D eigenvalue weighted by Gasteiger charge is -2.31. The van der Waals surface area contributed by atoms with Gasteiger partial charge in [-0.2, -0.15) is 4.31 Å². The predicted octanol–water partition coefficient (Wildman–Crippen LogP) is 3.59. The van der Waals surface area contributed by atoms with Crippen LogP contribution in [0.4, 0.5) is 0 Å². The summed E-state index contributed by atoms with van der Waals surface area (Å²) >= 11 is 0. The van der Waals surface area contributed by atoms with Crippen molar-refractivity contribution < 1.29 is 8.42 Å². The predicted molar refractivity (Wildman–Crippen MR) is 86.9 cm³/mol. The van der Waals surface area contributed by atoms with Crippen molar-refractivity contribution in [1.29, 1.82) is 0 Å². The van der Waals surface area contributed by atoms with E-state index in [9.17, 15) is 8.42 Å². The molecule has 0 radical (unpaired) electrons. The lowest BCUT2D eigenvalue weighted by atomic mass is 10.1. The molecule has 0 spiro atoms. The van der Waals surface area contributed by atoms with Crippen molar-refractivity contribution in [2.24, 2.45) is 5.92 Å². The molecular formula is C17H25NO2S. The molecule has 0 amide bonds. The van der Waals surface area contributed by atoms with Gasteiger partial charge in [0.2, 0.25) is 10.0 Å². The summed E-state index contributed by atoms with van der Waals surface area (Å²) in [5, 5.41) is 0. The SMILES string of the molecule is Cc1cc(C)c(S(=O)(=O)N2[C@@H](C(C)C)C=C[C@@H]2C)c(C)c1. The molecule has 4 heteroatoms. The normalized spacial score (nSPS) is 23.2. The highest BCUT2D eigenvalue weighted by Gasteiger charge is 2.39. The smallest absolute Gasteiger partial charge is 0.207 e. The minimum absolute atomic E-state index is 0.0647. The van der Waals surface area contributed by atoms with E-state index in [1.165, 1.54) is 0 Å². The Hall–Kier alpha value is -1.13. The van der Waals surface area contributed by atoms with Gasteiger partial charge in [0.15, 0.2) is 0 Å². The summed E-state index contributed by atoms with van der Waals surface area (Å²) in [6.07, 6.45) is 4.01. The Bertz CT molecular complexity index is 651. The van der Waals surface area contributed by atoms with Crippen molar-refractivity contribution in [2.75, 3.05) is 0 Å².